The van der Waals surface area contributed by atoms with Crippen LogP contribution in [0.1, 0.15) is 59.3 Å². The van der Waals surface area contributed by atoms with Crippen LogP contribution in [0.15, 0.2) is 24.3 Å². The van der Waals surface area contributed by atoms with Crippen molar-refractivity contribution in [1.29, 1.82) is 0 Å². The fourth-order valence-electron chi connectivity index (χ4n) is 3.19. The van der Waals surface area contributed by atoms with E-state index in [0.717, 1.165) is 5.69 Å². The molecule has 0 aromatic heterocycles. The second-order valence-electron chi connectivity index (χ2n) is 6.21. The molecule has 114 valence electrons. The van der Waals surface area contributed by atoms with Gasteiger partial charge < -0.3 is 0 Å². The first kappa shape index (κ1) is 17.9. The monoisotopic (exact) mass is 383 g/mol. The van der Waals surface area contributed by atoms with E-state index in [0.29, 0.717) is 0 Å². The van der Waals surface area contributed by atoms with Crippen LogP contribution >= 0.6 is 0 Å². The molecule has 0 amide bonds. The van der Waals surface area contributed by atoms with Crippen LogP contribution in [0.3, 0.4) is 0 Å². The molecule has 0 saturated heterocycles. The molecule has 0 atom stereocenters. The van der Waals surface area contributed by atoms with Gasteiger partial charge in [0.25, 0.3) is 0 Å². The van der Waals surface area contributed by atoms with E-state index in [2.05, 4.69) is 45.0 Å². The molecular weight excluding hydrogens is 349 g/mol. The molecule has 2 heteroatoms. The quantitative estimate of drug-likeness (QED) is 0.430. The van der Waals surface area contributed by atoms with Gasteiger partial charge in [-0.2, -0.15) is 0 Å². The van der Waals surface area contributed by atoms with Gasteiger partial charge in [-0.3, -0.25) is 0 Å². The summed E-state index contributed by atoms with van der Waals surface area (Å²) in [6.45, 7) is 7.00. The summed E-state index contributed by atoms with van der Waals surface area (Å²) in [4.78, 5) is 0. The molecule has 0 aliphatic heterocycles. The molecule has 2 N–H and O–H groups in total. The van der Waals surface area contributed by atoms with E-state index in [1.807, 2.05) is 0 Å². The van der Waals surface area contributed by atoms with Crippen molar-refractivity contribution in [1.82, 2.24) is 0 Å². The van der Waals surface area contributed by atoms with E-state index in [1.54, 1.807) is 3.58 Å². The van der Waals surface area contributed by atoms with Crippen LogP contribution in [0.2, 0.25) is 13.3 Å². The van der Waals surface area contributed by atoms with Gasteiger partial charge in [-0.25, -0.2) is 0 Å². The molecule has 1 nitrogen and oxygen atoms in total. The number of hydrogen-bond donors (Lipinski definition) is 1. The SMILES string of the molecule is CCC[CH2][Sn]([CH2]CCC)([CH2]CCC)[c]1ccc(N)cc1. The Morgan fingerprint density at radius 3 is 1.50 bits per heavy atom. The zero-order valence-electron chi connectivity index (χ0n) is 13.8. The molecule has 0 radical (unpaired) electrons. The van der Waals surface area contributed by atoms with Crippen LogP contribution in [0.4, 0.5) is 5.69 Å². The molecule has 0 spiro atoms. The average Bonchev–Trinajstić information content (AvgIpc) is 2.48. The molecule has 1 rings (SSSR count). The fourth-order valence-corrected chi connectivity index (χ4v) is 19.1. The van der Waals surface area contributed by atoms with E-state index in [4.69, 9.17) is 5.73 Å². The number of unbranched alkanes of at least 4 members (excludes halogenated alkanes) is 3. The molecule has 0 fully saturated rings. The molecule has 0 saturated carbocycles. The van der Waals surface area contributed by atoms with Crippen molar-refractivity contribution in [2.24, 2.45) is 0 Å². The predicted octanol–water partition coefficient (Wildman–Crippen LogP) is 5.32. The van der Waals surface area contributed by atoms with Crippen LogP contribution in [-0.2, 0) is 0 Å². The third kappa shape index (κ3) is 5.31. The summed E-state index contributed by atoms with van der Waals surface area (Å²) in [5.41, 5.74) is 6.81. The first-order valence-corrected chi connectivity index (χ1v) is 16.0. The van der Waals surface area contributed by atoms with E-state index < -0.39 is 18.4 Å². The summed E-state index contributed by atoms with van der Waals surface area (Å²) in [6.07, 6.45) is 8.29. The number of anilines is 1. The predicted molar refractivity (Wildman–Crippen MR) is 95.4 cm³/mol. The van der Waals surface area contributed by atoms with E-state index in [-0.39, 0.29) is 0 Å². The van der Waals surface area contributed by atoms with Crippen molar-refractivity contribution < 1.29 is 0 Å². The van der Waals surface area contributed by atoms with Gasteiger partial charge in [-0.15, -0.1) is 0 Å². The van der Waals surface area contributed by atoms with Crippen LogP contribution in [0.5, 0.6) is 0 Å². The van der Waals surface area contributed by atoms with Gasteiger partial charge in [-0.05, 0) is 0 Å². The van der Waals surface area contributed by atoms with E-state index >= 15 is 0 Å². The fraction of sp³-hybridized carbons (Fsp3) is 0.667. The molecule has 1 aromatic carbocycles. The molecule has 0 aliphatic rings. The molecular formula is C18H33NSn. The van der Waals surface area contributed by atoms with Crippen molar-refractivity contribution >= 4 is 27.6 Å². The molecule has 0 bridgehead atoms. The summed E-state index contributed by atoms with van der Waals surface area (Å²) < 4.78 is 6.34. The van der Waals surface area contributed by atoms with Gasteiger partial charge in [0.05, 0.1) is 0 Å². The molecule has 0 unspecified atom stereocenters. The van der Waals surface area contributed by atoms with Crippen molar-refractivity contribution in [3.63, 3.8) is 0 Å². The number of rotatable bonds is 10. The minimum atomic E-state index is -2.18. The van der Waals surface area contributed by atoms with Gasteiger partial charge in [0.15, 0.2) is 0 Å². The Bertz CT molecular complexity index is 336. The minimum absolute atomic E-state index is 0.912. The number of nitrogen functional groups attached to an aromatic ring is 1. The Labute approximate surface area is 130 Å². The summed E-state index contributed by atoms with van der Waals surface area (Å²) in [7, 11) is 0. The van der Waals surface area contributed by atoms with Gasteiger partial charge in [0, 0.05) is 0 Å². The summed E-state index contributed by atoms with van der Waals surface area (Å²) in [5.74, 6) is 0. The topological polar surface area (TPSA) is 26.0 Å². The van der Waals surface area contributed by atoms with Crippen LogP contribution in [0.25, 0.3) is 0 Å². The van der Waals surface area contributed by atoms with Crippen LogP contribution in [-0.4, -0.2) is 18.4 Å². The van der Waals surface area contributed by atoms with Gasteiger partial charge >= 0.3 is 130 Å². The van der Waals surface area contributed by atoms with Crippen molar-refractivity contribution in [3.05, 3.63) is 24.3 Å². The molecule has 1 aromatic rings. The summed E-state index contributed by atoms with van der Waals surface area (Å²) in [5, 5.41) is 0. The third-order valence-corrected chi connectivity index (χ3v) is 20.2. The number of benzene rings is 1. The van der Waals surface area contributed by atoms with Crippen molar-refractivity contribution in [2.75, 3.05) is 5.73 Å². The molecule has 0 aliphatic carbocycles. The second-order valence-corrected chi connectivity index (χ2v) is 19.5. The van der Waals surface area contributed by atoms with Crippen molar-refractivity contribution in [2.45, 2.75) is 72.6 Å². The third-order valence-electron chi connectivity index (χ3n) is 4.55. The Kier molecular flexibility index (Phi) is 8.67. The zero-order chi connectivity index (χ0) is 14.8. The maximum absolute atomic E-state index is 5.89. The van der Waals surface area contributed by atoms with Gasteiger partial charge in [0.1, 0.15) is 0 Å². The van der Waals surface area contributed by atoms with Crippen LogP contribution in [0, 0.1) is 0 Å². The maximum atomic E-state index is 5.89. The number of hydrogen-bond acceptors (Lipinski definition) is 1. The molecule has 0 heterocycles. The average molecular weight is 382 g/mol. The van der Waals surface area contributed by atoms with Crippen molar-refractivity contribution in [3.8, 4) is 0 Å². The van der Waals surface area contributed by atoms with Gasteiger partial charge in [0.2, 0.25) is 0 Å². The van der Waals surface area contributed by atoms with Gasteiger partial charge in [-0.1, -0.05) is 0 Å². The number of nitrogens with two attached hydrogens (primary N) is 1. The standard InChI is InChI=1S/C6H6N.3C4H9.Sn/c7-6-4-2-1-3-5-6;3*1-3-4-2;/h2-5H,7H2;3*1,3-4H2,2H3;. The molecule has 20 heavy (non-hydrogen) atoms. The normalized spacial score (nSPS) is 11.8. The Balaban J connectivity index is 3.00. The Morgan fingerprint density at radius 1 is 0.750 bits per heavy atom. The first-order valence-electron chi connectivity index (χ1n) is 8.54. The Morgan fingerprint density at radius 2 is 1.15 bits per heavy atom. The zero-order valence-corrected chi connectivity index (χ0v) is 16.6. The van der Waals surface area contributed by atoms with Crippen LogP contribution < -0.4 is 9.31 Å². The first-order chi connectivity index (χ1) is 9.68. The second kappa shape index (κ2) is 9.70. The van der Waals surface area contributed by atoms with E-state index in [9.17, 15) is 0 Å². The Hall–Kier alpha value is -0.181. The summed E-state index contributed by atoms with van der Waals surface area (Å²) >= 11 is -2.18. The van der Waals surface area contributed by atoms with E-state index in [1.165, 1.54) is 51.8 Å². The summed E-state index contributed by atoms with van der Waals surface area (Å²) in [6, 6.07) is 8.99.